The molecule has 4 amide bonds. The maximum Gasteiger partial charge on any atom is 0.275 e. The minimum atomic E-state index is -0.646. The Morgan fingerprint density at radius 1 is 0.293 bits per heavy atom. The molecule has 12 aromatic carbocycles. The fraction of sp³-hybridized carbons (Fsp3) is 0. The Morgan fingerprint density at radius 3 is 1.14 bits per heavy atom. The molecule has 2 aliphatic heterocycles. The molecule has 0 unspecified atom stereocenters. The number of amides is 4. The Labute approximate surface area is 655 Å². The average molecular weight is 1530 g/mol. The van der Waals surface area contributed by atoms with Gasteiger partial charge in [-0.2, -0.15) is 20.4 Å². The van der Waals surface area contributed by atoms with Gasteiger partial charge in [0.25, 0.3) is 23.6 Å². The number of rotatable bonds is 20. The number of carbonyl (C=O) groups excluding carboxylic acids is 4. The molecule has 116 heavy (non-hydrogen) atoms. The van der Waals surface area contributed by atoms with E-state index in [-0.39, 0.29) is 97.0 Å². The Balaban J connectivity index is 0.835. The number of phenols is 4. The smallest absolute Gasteiger partial charge is 0.275 e. The first-order valence-electron chi connectivity index (χ1n) is 35.7. The number of para-hydroxylation sites is 8. The van der Waals surface area contributed by atoms with Crippen molar-refractivity contribution < 1.29 is 58.6 Å². The van der Waals surface area contributed by atoms with Gasteiger partial charge in [-0.15, -0.1) is 0 Å². The summed E-state index contributed by atoms with van der Waals surface area (Å²) in [7, 11) is 0. The monoisotopic (exact) mass is 1530 g/mol. The highest BCUT2D eigenvalue weighted by molar-refractivity contribution is 6.10. The van der Waals surface area contributed by atoms with Crippen molar-refractivity contribution in [1.82, 2.24) is 61.6 Å². The molecule has 0 atom stereocenters. The third-order valence-electron chi connectivity index (χ3n) is 18.4. The van der Waals surface area contributed by atoms with Crippen molar-refractivity contribution in [3.63, 3.8) is 0 Å². The van der Waals surface area contributed by atoms with E-state index in [1.54, 1.807) is 200 Å². The number of phenolic OH excluding ortho intramolecular Hbond substituents is 4. The molecule has 8 bridgehead atoms. The van der Waals surface area contributed by atoms with Crippen molar-refractivity contribution in [3.8, 4) is 115 Å². The van der Waals surface area contributed by atoms with Crippen LogP contribution in [0.15, 0.2) is 287 Å². The van der Waals surface area contributed by atoms with E-state index in [2.05, 4.69) is 52.1 Å². The first-order valence-corrected chi connectivity index (χ1v) is 35.7. The molecule has 15 aromatic rings. The van der Waals surface area contributed by atoms with Crippen LogP contribution in [0.25, 0.3) is 89.7 Å². The molecule has 5 heterocycles. The van der Waals surface area contributed by atoms with Gasteiger partial charge >= 0.3 is 0 Å². The topological polar surface area (TPSA) is 393 Å². The quantitative estimate of drug-likeness (QED) is 0.0250. The van der Waals surface area contributed by atoms with Crippen molar-refractivity contribution in [3.05, 3.63) is 311 Å². The lowest BCUT2D eigenvalue weighted by atomic mass is 10.1. The van der Waals surface area contributed by atoms with Gasteiger partial charge in [0.15, 0.2) is 23.3 Å². The molecule has 28 nitrogen and oxygen atoms in total. The van der Waals surface area contributed by atoms with Crippen molar-refractivity contribution in [2.75, 3.05) is 0 Å². The highest BCUT2D eigenvalue weighted by Gasteiger charge is 2.28. The Bertz CT molecular complexity index is 6820. The average Bonchev–Trinajstić information content (AvgIpc) is 1.59. The summed E-state index contributed by atoms with van der Waals surface area (Å²) in [5.41, 5.74) is 14.8. The van der Waals surface area contributed by atoms with Crippen LogP contribution in [0.1, 0.15) is 63.7 Å². The first-order chi connectivity index (χ1) is 56.8. The summed E-state index contributed by atoms with van der Waals surface area (Å²) >= 11 is 0. The number of fused-ring (bicyclic) bond motifs is 20. The van der Waals surface area contributed by atoms with Gasteiger partial charge in [0.2, 0.25) is 0 Å². The van der Waals surface area contributed by atoms with Crippen LogP contribution in [-0.4, -0.2) is 109 Å². The van der Waals surface area contributed by atoms with E-state index in [4.69, 9.17) is 48.9 Å². The van der Waals surface area contributed by atoms with Crippen molar-refractivity contribution in [1.29, 1.82) is 0 Å². The van der Waals surface area contributed by atoms with Crippen molar-refractivity contribution >= 4 is 92.6 Å². The number of ether oxygens (including phenoxy) is 4. The molecule has 2 aliphatic rings. The number of aromatic nitrogens is 8. The van der Waals surface area contributed by atoms with E-state index in [1.807, 2.05) is 18.2 Å². The van der Waals surface area contributed by atoms with Gasteiger partial charge in [0, 0.05) is 55.1 Å². The van der Waals surface area contributed by atoms with Crippen LogP contribution in [0.5, 0.6) is 69.0 Å². The first kappa shape index (κ1) is 71.9. The molecule has 0 aliphatic carbocycles. The number of nitrogens with zero attached hydrogens (tertiary/aromatic N) is 10. The molecular weight excluding hydrogens is 1470 g/mol. The van der Waals surface area contributed by atoms with Crippen LogP contribution in [0.2, 0.25) is 0 Å². The predicted molar refractivity (Wildman–Crippen MR) is 435 cm³/mol. The molecule has 17 rings (SSSR count). The maximum atomic E-state index is 13.2. The molecule has 28 heteroatoms. The van der Waals surface area contributed by atoms with Crippen LogP contribution in [0.4, 0.5) is 0 Å². The number of aromatic hydroxyl groups is 4. The van der Waals surface area contributed by atoms with Gasteiger partial charge in [-0.3, -0.25) is 19.2 Å². The van der Waals surface area contributed by atoms with Gasteiger partial charge in [-0.25, -0.2) is 51.6 Å². The zero-order valence-electron chi connectivity index (χ0n) is 60.2. The van der Waals surface area contributed by atoms with Crippen molar-refractivity contribution in [2.24, 2.45) is 20.4 Å². The fourth-order valence-electron chi connectivity index (χ4n) is 12.8. The van der Waals surface area contributed by atoms with Crippen LogP contribution >= 0.6 is 0 Å². The summed E-state index contributed by atoms with van der Waals surface area (Å²) in [5.74, 6) is -0.138. The lowest BCUT2D eigenvalue weighted by Gasteiger charge is -2.12. The van der Waals surface area contributed by atoms with E-state index in [0.717, 1.165) is 0 Å². The molecule has 0 radical (unpaired) electrons. The van der Waals surface area contributed by atoms with Gasteiger partial charge in [-0.1, -0.05) is 121 Å². The number of hydrogen-bond donors (Lipinski definition) is 10. The second kappa shape index (κ2) is 31.5. The predicted octanol–water partition coefficient (Wildman–Crippen LogP) is 15.9. The Morgan fingerprint density at radius 2 is 0.647 bits per heavy atom. The normalized spacial score (nSPS) is 11.6. The number of benzene rings is 12. The van der Waals surface area contributed by atoms with Gasteiger partial charge in [0.1, 0.15) is 91.6 Å². The minimum Gasteiger partial charge on any atom is -0.507 e. The molecule has 0 spiro atoms. The largest absolute Gasteiger partial charge is 0.507 e. The molecule has 0 fully saturated rings. The number of hydrogen-bond acceptors (Lipinski definition) is 22. The number of hydrazone groups is 4. The molecule has 0 saturated carbocycles. The summed E-state index contributed by atoms with van der Waals surface area (Å²) in [5, 5.41) is 60.5. The van der Waals surface area contributed by atoms with E-state index in [1.165, 1.54) is 73.4 Å². The number of H-pyrrole nitrogens is 2. The fourth-order valence-corrected chi connectivity index (χ4v) is 12.8. The van der Waals surface area contributed by atoms with Gasteiger partial charge in [-0.05, 0) is 146 Å². The molecular formula is C88H58N16O12. The summed E-state index contributed by atoms with van der Waals surface area (Å²) in [4.78, 5) is 91.6. The summed E-state index contributed by atoms with van der Waals surface area (Å²) in [6.07, 6.45) is 5.68. The van der Waals surface area contributed by atoms with Gasteiger partial charge < -0.3 is 49.3 Å². The molecule has 0 saturated heterocycles. The minimum absolute atomic E-state index is 0.0207. The van der Waals surface area contributed by atoms with Crippen LogP contribution in [0, 0.1) is 0 Å². The third kappa shape index (κ3) is 14.9. The highest BCUT2D eigenvalue weighted by atomic mass is 16.5. The van der Waals surface area contributed by atoms with Gasteiger partial charge in [0.05, 0.1) is 58.1 Å². The van der Waals surface area contributed by atoms with E-state index in [0.29, 0.717) is 106 Å². The van der Waals surface area contributed by atoms with E-state index in [9.17, 15) is 39.6 Å². The summed E-state index contributed by atoms with van der Waals surface area (Å²) in [6.45, 7) is 0. The maximum absolute atomic E-state index is 13.2. The van der Waals surface area contributed by atoms with E-state index >= 15 is 0 Å². The number of carbonyl (C=O) groups is 4. The Kier molecular flexibility index (Phi) is 19.5. The number of nitrogens with one attached hydrogen (secondary N) is 6. The van der Waals surface area contributed by atoms with Crippen molar-refractivity contribution in [2.45, 2.75) is 0 Å². The standard InChI is InChI=1S/C88H58N16O12/c105-65-29-9-5-23-57(65)85(109)101-89-45-49-19-1-13-33-69(49)113-53-39-41-55-63(43-53)81-94-77(55)93-79-61-27-17-37-73(115-71-35-15-3-21-51(71)47-91-103-87(111)59-25-7-11-31-67(59)107)75(61)83(98-79)100-84-76-62(28-18-38-74(76)116-72-36-16-4-22-52(72)48-92-104-88(112)60-26-8-12-32-68(60)108)80(99-84)97-82-64-44-54(40-42-56(64)78(95-81)96-82)114-70-34-14-2-20-50(70)46-90-102-86(110)58-24-6-10-30-66(58)106/h1-48,105-108H,(H,101,109)(H,102,110)(H,103,111)(H,104,112)(H2,93,94,95,96,97,98,99,100)/b89-45+,90-46+,91-47-,92-48+. The molecule has 3 aromatic heterocycles. The SMILES string of the molecule is O=C(N/N=C\c1ccccc1Oc1cccc2c1-c1nc-2nc2[nH]c(nc3nc(nc4[nH]c(n1)c1c(Oc5ccccc5/C=N/NC(=O)c5ccccc5O)cccc41)-c1cc(Oc4ccccc4/C=N/NC(=O)c4ccccc4O)ccc1-3)c1cc(Oc3ccccc3/C=N/NC(=O)c3ccccc3O)ccc21)c1ccccc1O. The number of aromatic amines is 2. The second-order valence-corrected chi connectivity index (χ2v) is 25.8. The Hall–Kier alpha value is -17.0. The third-order valence-corrected chi connectivity index (χ3v) is 18.4. The zero-order chi connectivity index (χ0) is 79.2. The lowest BCUT2D eigenvalue weighted by Crippen LogP contribution is -2.17. The molecule has 10 N–H and O–H groups in total. The summed E-state index contributed by atoms with van der Waals surface area (Å²) < 4.78 is 27.2. The van der Waals surface area contributed by atoms with Crippen LogP contribution in [-0.2, 0) is 0 Å². The van der Waals surface area contributed by atoms with Crippen LogP contribution < -0.4 is 40.7 Å². The van der Waals surface area contributed by atoms with E-state index < -0.39 is 23.6 Å². The second-order valence-electron chi connectivity index (χ2n) is 25.8. The lowest BCUT2D eigenvalue weighted by molar-refractivity contribution is 0.0944. The zero-order valence-corrected chi connectivity index (χ0v) is 60.2. The summed E-state index contributed by atoms with van der Waals surface area (Å²) in [6, 6.07) is 74.0. The van der Waals surface area contributed by atoms with Crippen LogP contribution in [0.3, 0.4) is 0 Å². The highest BCUT2D eigenvalue weighted by Crippen LogP contribution is 2.46. The molecule has 562 valence electrons.